The molecule has 1 N–H and O–H groups in total. The maximum Gasteiger partial charge on any atom is 0.150 e. The molecule has 92 valence electrons. The minimum Gasteiger partial charge on any atom is -0.393 e. The number of benzene rings is 1. The third-order valence-electron chi connectivity index (χ3n) is 3.61. The molecule has 3 nitrogen and oxygen atoms in total. The Balaban J connectivity index is 2.18. The van der Waals surface area contributed by atoms with Gasteiger partial charge in [0.25, 0.3) is 0 Å². The largest absolute Gasteiger partial charge is 0.393 e. The lowest BCUT2D eigenvalue weighted by Crippen LogP contribution is -2.41. The number of aryl methyl sites for hydroxylation is 1. The fourth-order valence-electron chi connectivity index (χ4n) is 2.36. The second kappa shape index (κ2) is 4.88. The molecule has 3 heteroatoms. The maximum atomic E-state index is 10.8. The number of aldehydes is 1. The Morgan fingerprint density at radius 1 is 1.47 bits per heavy atom. The van der Waals surface area contributed by atoms with Gasteiger partial charge in [0.2, 0.25) is 0 Å². The molecule has 2 unspecified atom stereocenters. The van der Waals surface area contributed by atoms with Crippen molar-refractivity contribution in [3.05, 3.63) is 29.3 Å². The normalized spacial score (nSPS) is 24.8. The second-order valence-corrected chi connectivity index (χ2v) is 4.94. The van der Waals surface area contributed by atoms with Crippen molar-refractivity contribution in [1.82, 2.24) is 0 Å². The number of piperidine rings is 1. The van der Waals surface area contributed by atoms with Gasteiger partial charge >= 0.3 is 0 Å². The smallest absolute Gasteiger partial charge is 0.150 e. The summed E-state index contributed by atoms with van der Waals surface area (Å²) in [7, 11) is 0. The minimum atomic E-state index is -0.179. The highest BCUT2D eigenvalue weighted by molar-refractivity contribution is 5.78. The van der Waals surface area contributed by atoms with E-state index >= 15 is 0 Å². The van der Waals surface area contributed by atoms with E-state index in [1.165, 1.54) is 0 Å². The Kier molecular flexibility index (Phi) is 3.48. The zero-order valence-corrected chi connectivity index (χ0v) is 10.4. The molecule has 0 bridgehead atoms. The molecule has 0 spiro atoms. The summed E-state index contributed by atoms with van der Waals surface area (Å²) in [5.74, 6) is 0.301. The van der Waals surface area contributed by atoms with Crippen LogP contribution in [-0.4, -0.2) is 30.6 Å². The number of aliphatic hydroxyl groups is 1. The summed E-state index contributed by atoms with van der Waals surface area (Å²) >= 11 is 0. The van der Waals surface area contributed by atoms with Gasteiger partial charge in [-0.1, -0.05) is 6.92 Å². The first kappa shape index (κ1) is 12.1. The molecule has 2 atom stereocenters. The number of carbonyl (C=O) groups is 1. The van der Waals surface area contributed by atoms with E-state index in [0.717, 1.165) is 42.6 Å². The molecule has 17 heavy (non-hydrogen) atoms. The van der Waals surface area contributed by atoms with Crippen LogP contribution in [0.15, 0.2) is 18.2 Å². The Morgan fingerprint density at radius 3 is 2.82 bits per heavy atom. The molecular weight excluding hydrogens is 214 g/mol. The number of aliphatic hydroxyl groups excluding tert-OH is 1. The summed E-state index contributed by atoms with van der Waals surface area (Å²) in [6.45, 7) is 5.78. The molecule has 0 aliphatic carbocycles. The van der Waals surface area contributed by atoms with E-state index in [9.17, 15) is 9.90 Å². The first-order valence-corrected chi connectivity index (χ1v) is 6.10. The zero-order chi connectivity index (χ0) is 12.4. The molecule has 0 radical (unpaired) electrons. The van der Waals surface area contributed by atoms with Crippen LogP contribution in [0.1, 0.15) is 29.3 Å². The van der Waals surface area contributed by atoms with Gasteiger partial charge in [0.05, 0.1) is 6.10 Å². The SMILES string of the molecule is Cc1cc(N2CCC(O)C(C)C2)ccc1C=O. The van der Waals surface area contributed by atoms with Crippen LogP contribution in [0, 0.1) is 12.8 Å². The highest BCUT2D eigenvalue weighted by Crippen LogP contribution is 2.24. The van der Waals surface area contributed by atoms with E-state index in [-0.39, 0.29) is 6.10 Å². The van der Waals surface area contributed by atoms with E-state index < -0.39 is 0 Å². The molecule has 1 aliphatic rings. The summed E-state index contributed by atoms with van der Waals surface area (Å²) in [5, 5.41) is 9.71. The fourth-order valence-corrected chi connectivity index (χ4v) is 2.36. The van der Waals surface area contributed by atoms with E-state index in [0.29, 0.717) is 5.92 Å². The van der Waals surface area contributed by atoms with Crippen LogP contribution in [0.5, 0.6) is 0 Å². The average Bonchev–Trinajstić information content (AvgIpc) is 2.32. The van der Waals surface area contributed by atoms with Crippen molar-refractivity contribution in [3.63, 3.8) is 0 Å². The lowest BCUT2D eigenvalue weighted by molar-refractivity contribution is 0.0971. The van der Waals surface area contributed by atoms with Crippen molar-refractivity contribution in [2.24, 2.45) is 5.92 Å². The van der Waals surface area contributed by atoms with Crippen molar-refractivity contribution in [2.75, 3.05) is 18.0 Å². The molecule has 1 fully saturated rings. The predicted molar refractivity (Wildman–Crippen MR) is 68.6 cm³/mol. The number of rotatable bonds is 2. The van der Waals surface area contributed by atoms with Crippen LogP contribution in [-0.2, 0) is 0 Å². The van der Waals surface area contributed by atoms with Crippen LogP contribution < -0.4 is 4.90 Å². The predicted octanol–water partition coefficient (Wildman–Crippen LogP) is 2.01. The van der Waals surface area contributed by atoms with Gasteiger partial charge in [-0.25, -0.2) is 0 Å². The first-order valence-electron chi connectivity index (χ1n) is 6.10. The summed E-state index contributed by atoms with van der Waals surface area (Å²) in [4.78, 5) is 13.0. The van der Waals surface area contributed by atoms with E-state index in [2.05, 4.69) is 11.8 Å². The van der Waals surface area contributed by atoms with Gasteiger partial charge in [0.1, 0.15) is 6.29 Å². The van der Waals surface area contributed by atoms with Gasteiger partial charge < -0.3 is 10.0 Å². The van der Waals surface area contributed by atoms with Crippen LogP contribution in [0.25, 0.3) is 0 Å². The summed E-state index contributed by atoms with van der Waals surface area (Å²) in [6, 6.07) is 5.91. The maximum absolute atomic E-state index is 10.8. The monoisotopic (exact) mass is 233 g/mol. The standard InChI is InChI=1S/C14H19NO2/c1-10-7-13(4-3-12(10)9-16)15-6-5-14(17)11(2)8-15/h3-4,7,9,11,14,17H,5-6,8H2,1-2H3. The van der Waals surface area contributed by atoms with Gasteiger partial charge in [-0.3, -0.25) is 4.79 Å². The quantitative estimate of drug-likeness (QED) is 0.794. The van der Waals surface area contributed by atoms with Crippen LogP contribution in [0.2, 0.25) is 0 Å². The number of nitrogens with zero attached hydrogens (tertiary/aromatic N) is 1. The van der Waals surface area contributed by atoms with E-state index in [1.54, 1.807) is 0 Å². The first-order chi connectivity index (χ1) is 8.11. The highest BCUT2D eigenvalue weighted by Gasteiger charge is 2.24. The molecule has 1 saturated heterocycles. The summed E-state index contributed by atoms with van der Waals surface area (Å²) in [5.41, 5.74) is 2.90. The Morgan fingerprint density at radius 2 is 2.24 bits per heavy atom. The lowest BCUT2D eigenvalue weighted by Gasteiger charge is -2.36. The van der Waals surface area contributed by atoms with Crippen LogP contribution >= 0.6 is 0 Å². The number of carbonyl (C=O) groups excluding carboxylic acids is 1. The Labute approximate surface area is 102 Å². The summed E-state index contributed by atoms with van der Waals surface area (Å²) < 4.78 is 0. The molecule has 0 saturated carbocycles. The zero-order valence-electron chi connectivity index (χ0n) is 10.4. The van der Waals surface area contributed by atoms with Crippen LogP contribution in [0.4, 0.5) is 5.69 Å². The van der Waals surface area contributed by atoms with Gasteiger partial charge in [0.15, 0.2) is 0 Å². The molecule has 0 aromatic heterocycles. The topological polar surface area (TPSA) is 40.5 Å². The molecule has 1 heterocycles. The Bertz CT molecular complexity index is 417. The van der Waals surface area contributed by atoms with Crippen molar-refractivity contribution < 1.29 is 9.90 Å². The van der Waals surface area contributed by atoms with Gasteiger partial charge in [-0.05, 0) is 43.0 Å². The van der Waals surface area contributed by atoms with Crippen LogP contribution in [0.3, 0.4) is 0 Å². The molecule has 1 aromatic carbocycles. The molecule has 2 rings (SSSR count). The van der Waals surface area contributed by atoms with Gasteiger partial charge in [-0.15, -0.1) is 0 Å². The van der Waals surface area contributed by atoms with Crippen molar-refractivity contribution in [2.45, 2.75) is 26.4 Å². The second-order valence-electron chi connectivity index (χ2n) is 4.94. The number of anilines is 1. The van der Waals surface area contributed by atoms with Crippen molar-refractivity contribution in [1.29, 1.82) is 0 Å². The van der Waals surface area contributed by atoms with Crippen molar-refractivity contribution >= 4 is 12.0 Å². The third kappa shape index (κ3) is 2.50. The number of hydrogen-bond acceptors (Lipinski definition) is 3. The molecule has 0 amide bonds. The fraction of sp³-hybridized carbons (Fsp3) is 0.500. The number of hydrogen-bond donors (Lipinski definition) is 1. The van der Waals surface area contributed by atoms with Gasteiger partial charge in [0, 0.05) is 24.3 Å². The molecule has 1 aliphatic heterocycles. The van der Waals surface area contributed by atoms with Crippen molar-refractivity contribution in [3.8, 4) is 0 Å². The average molecular weight is 233 g/mol. The third-order valence-corrected chi connectivity index (χ3v) is 3.61. The minimum absolute atomic E-state index is 0.179. The lowest BCUT2D eigenvalue weighted by atomic mass is 9.96. The highest BCUT2D eigenvalue weighted by atomic mass is 16.3. The summed E-state index contributed by atoms with van der Waals surface area (Å²) in [6.07, 6.45) is 1.53. The molecule has 1 aromatic rings. The van der Waals surface area contributed by atoms with E-state index in [1.807, 2.05) is 25.1 Å². The molecular formula is C14H19NO2. The van der Waals surface area contributed by atoms with E-state index in [4.69, 9.17) is 0 Å². The van der Waals surface area contributed by atoms with Gasteiger partial charge in [-0.2, -0.15) is 0 Å². The Hall–Kier alpha value is -1.35.